The maximum absolute atomic E-state index is 13.4. The summed E-state index contributed by atoms with van der Waals surface area (Å²) >= 11 is 0. The summed E-state index contributed by atoms with van der Waals surface area (Å²) in [6.45, 7) is 2.59. The van der Waals surface area contributed by atoms with Crippen molar-refractivity contribution in [1.29, 1.82) is 0 Å². The first-order valence-electron chi connectivity index (χ1n) is 6.40. The normalized spacial score (nSPS) is 21.2. The Labute approximate surface area is 115 Å². The summed E-state index contributed by atoms with van der Waals surface area (Å²) < 4.78 is 13.4. The van der Waals surface area contributed by atoms with Crippen molar-refractivity contribution in [2.24, 2.45) is 11.8 Å². The molecule has 112 valence electrons. The molecule has 1 saturated heterocycles. The number of carboxylic acid groups (broad SMARTS) is 1. The third-order valence-corrected chi connectivity index (χ3v) is 3.26. The van der Waals surface area contributed by atoms with Gasteiger partial charge in [-0.15, -0.1) is 0 Å². The van der Waals surface area contributed by atoms with Crippen LogP contribution in [0, 0.1) is 11.8 Å². The van der Waals surface area contributed by atoms with Crippen molar-refractivity contribution in [1.82, 2.24) is 5.32 Å². The molecular formula is C13H18FNO5. The smallest absolute Gasteiger partial charge is 0.314 e. The van der Waals surface area contributed by atoms with E-state index in [-0.39, 0.29) is 25.7 Å². The number of rotatable bonds is 6. The number of carbonyl (C=O) groups is 4. The second kappa shape index (κ2) is 6.11. The van der Waals surface area contributed by atoms with E-state index in [1.165, 1.54) is 13.8 Å². The number of hydrogen-bond acceptors (Lipinski definition) is 4. The first kappa shape index (κ1) is 16.3. The highest BCUT2D eigenvalue weighted by Gasteiger charge is 2.41. The van der Waals surface area contributed by atoms with Crippen LogP contribution < -0.4 is 5.32 Å². The van der Waals surface area contributed by atoms with E-state index < -0.39 is 41.1 Å². The number of ketones is 1. The van der Waals surface area contributed by atoms with E-state index in [1.807, 2.05) is 5.32 Å². The third kappa shape index (κ3) is 4.40. The Morgan fingerprint density at radius 1 is 1.45 bits per heavy atom. The van der Waals surface area contributed by atoms with Crippen molar-refractivity contribution >= 4 is 23.6 Å². The topological polar surface area (TPSA) is 101 Å². The van der Waals surface area contributed by atoms with Crippen LogP contribution in [0.25, 0.3) is 0 Å². The molecule has 2 N–H and O–H groups in total. The molecule has 1 aliphatic rings. The second-order valence-corrected chi connectivity index (χ2v) is 5.56. The Hall–Kier alpha value is -1.79. The van der Waals surface area contributed by atoms with Crippen LogP contribution in [0.5, 0.6) is 0 Å². The van der Waals surface area contributed by atoms with Crippen LogP contribution >= 0.6 is 0 Å². The molecule has 0 aliphatic carbocycles. The van der Waals surface area contributed by atoms with Crippen molar-refractivity contribution in [3.63, 3.8) is 0 Å². The van der Waals surface area contributed by atoms with Crippen molar-refractivity contribution in [2.75, 3.05) is 0 Å². The van der Waals surface area contributed by atoms with Crippen LogP contribution in [0.2, 0.25) is 0 Å². The maximum atomic E-state index is 13.4. The average Bonchev–Trinajstić information content (AvgIpc) is 2.28. The molecule has 20 heavy (non-hydrogen) atoms. The fourth-order valence-corrected chi connectivity index (χ4v) is 2.14. The largest absolute Gasteiger partial charge is 0.481 e. The minimum atomic E-state index is -1.58. The number of piperidine rings is 1. The zero-order valence-corrected chi connectivity index (χ0v) is 11.4. The van der Waals surface area contributed by atoms with Gasteiger partial charge in [0.25, 0.3) is 0 Å². The summed E-state index contributed by atoms with van der Waals surface area (Å²) in [5.41, 5.74) is -1.58. The number of alkyl halides is 1. The Morgan fingerprint density at radius 3 is 2.50 bits per heavy atom. The van der Waals surface area contributed by atoms with Crippen molar-refractivity contribution in [3.05, 3.63) is 0 Å². The van der Waals surface area contributed by atoms with Gasteiger partial charge in [0.1, 0.15) is 17.4 Å². The standard InChI is InChI=1S/C13H18FNO5/c1-13(2,14)6-5-8(16)10(12(19)20)7-3-4-9(17)15-11(7)18/h7,10H,3-6H2,1-2H3,(H,19,20)(H,15,17,18). The van der Waals surface area contributed by atoms with Crippen LogP contribution in [0.15, 0.2) is 0 Å². The average molecular weight is 287 g/mol. The van der Waals surface area contributed by atoms with Gasteiger partial charge in [0.15, 0.2) is 0 Å². The molecule has 1 heterocycles. The SMILES string of the molecule is CC(C)(F)CCC(=O)C(C(=O)O)C1CCC(=O)NC1=O. The molecule has 0 spiro atoms. The maximum Gasteiger partial charge on any atom is 0.314 e. The van der Waals surface area contributed by atoms with Crippen LogP contribution in [0.1, 0.15) is 39.5 Å². The minimum absolute atomic E-state index is 0.00205. The fourth-order valence-electron chi connectivity index (χ4n) is 2.14. The van der Waals surface area contributed by atoms with Gasteiger partial charge >= 0.3 is 5.97 Å². The number of Topliss-reactive ketones (excluding diaryl/α,β-unsaturated/α-hetero) is 1. The van der Waals surface area contributed by atoms with Gasteiger partial charge in [0, 0.05) is 12.8 Å². The van der Waals surface area contributed by atoms with Crippen molar-refractivity contribution < 1.29 is 28.7 Å². The molecule has 0 aromatic heterocycles. The molecule has 2 amide bonds. The molecule has 2 atom stereocenters. The van der Waals surface area contributed by atoms with E-state index in [1.54, 1.807) is 0 Å². The lowest BCUT2D eigenvalue weighted by molar-refractivity contribution is -0.155. The Morgan fingerprint density at radius 2 is 2.05 bits per heavy atom. The highest BCUT2D eigenvalue weighted by atomic mass is 19.1. The van der Waals surface area contributed by atoms with Gasteiger partial charge in [0.2, 0.25) is 11.8 Å². The van der Waals surface area contributed by atoms with Gasteiger partial charge in [-0.25, -0.2) is 4.39 Å². The number of carboxylic acids is 1. The Bertz CT molecular complexity index is 441. The highest BCUT2D eigenvalue weighted by molar-refractivity contribution is 6.06. The zero-order valence-electron chi connectivity index (χ0n) is 11.4. The molecule has 7 heteroatoms. The van der Waals surface area contributed by atoms with Gasteiger partial charge < -0.3 is 5.11 Å². The van der Waals surface area contributed by atoms with E-state index in [0.29, 0.717) is 0 Å². The van der Waals surface area contributed by atoms with Gasteiger partial charge in [-0.2, -0.15) is 0 Å². The molecule has 0 saturated carbocycles. The molecule has 0 aromatic rings. The van der Waals surface area contributed by atoms with Crippen LogP contribution in [0.4, 0.5) is 4.39 Å². The van der Waals surface area contributed by atoms with Crippen LogP contribution in [-0.2, 0) is 19.2 Å². The quantitative estimate of drug-likeness (QED) is 0.557. The summed E-state index contributed by atoms with van der Waals surface area (Å²) in [5.74, 6) is -5.92. The minimum Gasteiger partial charge on any atom is -0.481 e. The fraction of sp³-hybridized carbons (Fsp3) is 0.692. The number of carbonyl (C=O) groups excluding carboxylic acids is 3. The summed E-state index contributed by atoms with van der Waals surface area (Å²) in [6.07, 6.45) is -0.338. The van der Waals surface area contributed by atoms with Gasteiger partial charge in [0.05, 0.1) is 5.92 Å². The zero-order chi connectivity index (χ0) is 15.5. The van der Waals surface area contributed by atoms with Crippen LogP contribution in [-0.4, -0.2) is 34.3 Å². The number of halogens is 1. The first-order chi connectivity index (χ1) is 9.11. The first-order valence-corrected chi connectivity index (χ1v) is 6.40. The number of hydrogen-bond donors (Lipinski definition) is 2. The van der Waals surface area contributed by atoms with E-state index in [0.717, 1.165) is 0 Å². The second-order valence-electron chi connectivity index (χ2n) is 5.56. The lowest BCUT2D eigenvalue weighted by Gasteiger charge is -2.25. The molecule has 0 aromatic carbocycles. The van der Waals surface area contributed by atoms with E-state index in [9.17, 15) is 23.6 Å². The van der Waals surface area contributed by atoms with Gasteiger partial charge in [-0.1, -0.05) is 0 Å². The number of aliphatic carboxylic acids is 1. The summed E-state index contributed by atoms with van der Waals surface area (Å²) in [6, 6.07) is 0. The summed E-state index contributed by atoms with van der Waals surface area (Å²) in [4.78, 5) is 45.8. The monoisotopic (exact) mass is 287 g/mol. The van der Waals surface area contributed by atoms with E-state index >= 15 is 0 Å². The van der Waals surface area contributed by atoms with Gasteiger partial charge in [-0.3, -0.25) is 24.5 Å². The molecule has 0 bridgehead atoms. The molecule has 1 aliphatic heterocycles. The lowest BCUT2D eigenvalue weighted by atomic mass is 9.81. The molecular weight excluding hydrogens is 269 g/mol. The van der Waals surface area contributed by atoms with Crippen LogP contribution in [0.3, 0.4) is 0 Å². The number of nitrogens with one attached hydrogen (secondary N) is 1. The lowest BCUT2D eigenvalue weighted by Crippen LogP contribution is -2.47. The van der Waals surface area contributed by atoms with E-state index in [2.05, 4.69) is 0 Å². The number of imide groups is 1. The third-order valence-electron chi connectivity index (χ3n) is 3.26. The number of amides is 2. The Kier molecular flexibility index (Phi) is 4.97. The van der Waals surface area contributed by atoms with E-state index in [4.69, 9.17) is 5.11 Å². The van der Waals surface area contributed by atoms with Crippen molar-refractivity contribution in [3.8, 4) is 0 Å². The predicted octanol–water partition coefficient (Wildman–Crippen LogP) is 0.837. The molecule has 1 rings (SSSR count). The molecule has 1 fully saturated rings. The van der Waals surface area contributed by atoms with Crippen molar-refractivity contribution in [2.45, 2.75) is 45.2 Å². The molecule has 0 radical (unpaired) electrons. The van der Waals surface area contributed by atoms with Gasteiger partial charge in [-0.05, 0) is 26.7 Å². The summed E-state index contributed by atoms with van der Waals surface area (Å²) in [5, 5.41) is 11.2. The molecule has 2 unspecified atom stereocenters. The predicted molar refractivity (Wildman–Crippen MR) is 66.4 cm³/mol. The Balaban J connectivity index is 2.78. The molecule has 6 nitrogen and oxygen atoms in total. The summed E-state index contributed by atoms with van der Waals surface area (Å²) in [7, 11) is 0. The highest BCUT2D eigenvalue weighted by Crippen LogP contribution is 2.26.